The van der Waals surface area contributed by atoms with Crippen molar-refractivity contribution in [1.82, 2.24) is 19.9 Å². The molecular weight excluding hydrogens is 829 g/mol. The van der Waals surface area contributed by atoms with Crippen LogP contribution in [0.15, 0.2) is 121 Å². The highest BCUT2D eigenvalue weighted by molar-refractivity contribution is 5.81. The van der Waals surface area contributed by atoms with E-state index in [-0.39, 0.29) is 19.2 Å². The number of ether oxygens (including phenoxy) is 3. The van der Waals surface area contributed by atoms with E-state index in [1.807, 2.05) is 93.6 Å². The first-order valence-electron chi connectivity index (χ1n) is 23.3. The molecule has 2 aliphatic heterocycles. The Kier molecular flexibility index (Phi) is 17.0. The third-order valence-electron chi connectivity index (χ3n) is 11.2. The number of hydrogen-bond donors (Lipinski definition) is 1. The maximum atomic E-state index is 11.8. The second-order valence-electron chi connectivity index (χ2n) is 17.5. The molecule has 0 radical (unpaired) electrons. The molecular formula is C54H62N6O6. The number of carbonyl (C=O) groups is 2. The molecule has 0 unspecified atom stereocenters. The molecule has 8 rings (SSSR count). The topological polar surface area (TPSA) is 140 Å². The van der Waals surface area contributed by atoms with Crippen molar-refractivity contribution in [3.63, 3.8) is 0 Å². The number of esters is 1. The predicted molar refractivity (Wildman–Crippen MR) is 260 cm³/mol. The van der Waals surface area contributed by atoms with Crippen LogP contribution in [0.2, 0.25) is 0 Å². The summed E-state index contributed by atoms with van der Waals surface area (Å²) in [7, 11) is 0. The highest BCUT2D eigenvalue weighted by Gasteiger charge is 2.25. The Balaban J connectivity index is 0.000000198. The Morgan fingerprint density at radius 3 is 1.26 bits per heavy atom. The second-order valence-corrected chi connectivity index (χ2v) is 17.5. The molecule has 66 heavy (non-hydrogen) atoms. The van der Waals surface area contributed by atoms with Gasteiger partial charge in [-0.2, -0.15) is 0 Å². The smallest absolute Gasteiger partial charge is 0.332 e. The zero-order valence-corrected chi connectivity index (χ0v) is 38.5. The van der Waals surface area contributed by atoms with E-state index in [1.165, 1.54) is 0 Å². The number of aryl methyl sites for hydroxylation is 2. The van der Waals surface area contributed by atoms with Gasteiger partial charge in [0, 0.05) is 61.6 Å². The van der Waals surface area contributed by atoms with E-state index in [1.54, 1.807) is 0 Å². The molecule has 0 saturated heterocycles. The van der Waals surface area contributed by atoms with Crippen molar-refractivity contribution in [2.45, 2.75) is 77.7 Å². The van der Waals surface area contributed by atoms with Crippen LogP contribution >= 0.6 is 0 Å². The molecule has 0 saturated carbocycles. The van der Waals surface area contributed by atoms with Gasteiger partial charge in [-0.1, -0.05) is 121 Å². The molecule has 344 valence electrons. The summed E-state index contributed by atoms with van der Waals surface area (Å²) in [4.78, 5) is 47.5. The van der Waals surface area contributed by atoms with Crippen LogP contribution in [0, 0.1) is 0 Å². The molecule has 12 nitrogen and oxygen atoms in total. The van der Waals surface area contributed by atoms with E-state index in [0.717, 1.165) is 146 Å². The number of aromatic nitrogens is 4. The standard InChI is InChI=1S/C29H35N3O3.C25H27N3O3/c1-29(2,3)35-25(33)21-34-20-11-10-18-32-19-12-17-24-28(32)31-27(23-15-8-5-9-16-23)26(30-24)22-13-6-4-7-14-22;29-22(30)18-31-17-8-7-15-28-16-9-14-21-25(28)27-24(20-12-5-2-6-13-20)23(26-21)19-10-3-1-4-11-19/h4-9,13-16H,10-12,17-21H2,1-3H3;1-6,10-13H,7-9,14-18H2,(H,29,30). The molecule has 0 amide bonds. The highest BCUT2D eigenvalue weighted by atomic mass is 16.6. The van der Waals surface area contributed by atoms with E-state index in [2.05, 4.69) is 58.3 Å². The summed E-state index contributed by atoms with van der Waals surface area (Å²) in [6.45, 7) is 10.00. The first-order chi connectivity index (χ1) is 32.1. The Morgan fingerprint density at radius 2 is 0.894 bits per heavy atom. The van der Waals surface area contributed by atoms with E-state index in [9.17, 15) is 9.59 Å². The Hall–Kier alpha value is -6.50. The fourth-order valence-corrected chi connectivity index (χ4v) is 8.18. The number of hydrogen-bond acceptors (Lipinski definition) is 11. The summed E-state index contributed by atoms with van der Waals surface area (Å²) in [5.41, 5.74) is 9.61. The van der Waals surface area contributed by atoms with Gasteiger partial charge in [-0.25, -0.2) is 29.5 Å². The molecule has 1 N–H and O–H groups in total. The zero-order valence-electron chi connectivity index (χ0n) is 38.5. The predicted octanol–water partition coefficient (Wildman–Crippen LogP) is 10.1. The number of nitrogens with zero attached hydrogens (tertiary/aromatic N) is 6. The fraction of sp³-hybridized carbons (Fsp3) is 0.370. The van der Waals surface area contributed by atoms with Gasteiger partial charge < -0.3 is 29.1 Å². The van der Waals surface area contributed by atoms with Crippen molar-refractivity contribution in [2.75, 3.05) is 62.4 Å². The lowest BCUT2D eigenvalue weighted by Crippen LogP contribution is -2.32. The van der Waals surface area contributed by atoms with Crippen molar-refractivity contribution < 1.29 is 28.9 Å². The van der Waals surface area contributed by atoms with Crippen LogP contribution < -0.4 is 9.80 Å². The van der Waals surface area contributed by atoms with Crippen LogP contribution in [-0.4, -0.2) is 95.2 Å². The minimum atomic E-state index is -0.928. The van der Waals surface area contributed by atoms with Crippen molar-refractivity contribution in [2.24, 2.45) is 0 Å². The summed E-state index contributed by atoms with van der Waals surface area (Å²) in [6.07, 6.45) is 7.54. The molecule has 4 aromatic carbocycles. The van der Waals surface area contributed by atoms with Crippen molar-refractivity contribution >= 4 is 23.6 Å². The summed E-state index contributed by atoms with van der Waals surface area (Å²) < 4.78 is 16.0. The summed E-state index contributed by atoms with van der Waals surface area (Å²) in [5, 5.41) is 8.66. The minimum absolute atomic E-state index is 0.00199. The number of benzene rings is 4. The largest absolute Gasteiger partial charge is 0.480 e. The second kappa shape index (κ2) is 23.6. The first kappa shape index (κ1) is 47.5. The van der Waals surface area contributed by atoms with Crippen LogP contribution in [0.25, 0.3) is 45.0 Å². The van der Waals surface area contributed by atoms with Crippen LogP contribution in [-0.2, 0) is 36.6 Å². The van der Waals surface area contributed by atoms with Gasteiger partial charge in [0.25, 0.3) is 0 Å². The number of rotatable bonds is 18. The van der Waals surface area contributed by atoms with Gasteiger partial charge in [0.2, 0.25) is 0 Å². The molecule has 12 heteroatoms. The molecule has 0 spiro atoms. The molecule has 0 fully saturated rings. The number of anilines is 2. The monoisotopic (exact) mass is 890 g/mol. The number of carboxylic acids is 1. The maximum Gasteiger partial charge on any atom is 0.332 e. The summed E-state index contributed by atoms with van der Waals surface area (Å²) in [6, 6.07) is 41.1. The SMILES string of the molecule is CC(C)(C)OC(=O)COCCCCN1CCCc2nc(-c3ccccc3)c(-c3ccccc3)nc21.O=C(O)COCCCCN1CCCc2nc(-c3ccccc3)c(-c3ccccc3)nc21. The molecule has 6 aromatic rings. The summed E-state index contributed by atoms with van der Waals surface area (Å²) >= 11 is 0. The van der Waals surface area contributed by atoms with E-state index in [0.29, 0.717) is 13.2 Å². The van der Waals surface area contributed by atoms with E-state index >= 15 is 0 Å². The van der Waals surface area contributed by atoms with Gasteiger partial charge in [0.05, 0.1) is 34.2 Å². The molecule has 2 aliphatic rings. The number of fused-ring (bicyclic) bond motifs is 2. The van der Waals surface area contributed by atoms with Crippen LogP contribution in [0.5, 0.6) is 0 Å². The normalized spacial score (nSPS) is 13.3. The van der Waals surface area contributed by atoms with Gasteiger partial charge in [-0.3, -0.25) is 0 Å². The number of aliphatic carboxylic acids is 1. The maximum absolute atomic E-state index is 11.8. The lowest BCUT2D eigenvalue weighted by molar-refractivity contribution is -0.160. The van der Waals surface area contributed by atoms with E-state index < -0.39 is 11.6 Å². The number of unbranched alkanes of at least 4 members (excludes halogenated alkanes) is 2. The Morgan fingerprint density at radius 1 is 0.530 bits per heavy atom. The number of carboxylic acid groups (broad SMARTS) is 1. The summed E-state index contributed by atoms with van der Waals surface area (Å²) in [5.74, 6) is 0.712. The van der Waals surface area contributed by atoms with Gasteiger partial charge in [0.15, 0.2) is 11.6 Å². The lowest BCUT2D eigenvalue weighted by Gasteiger charge is -2.30. The molecule has 2 aromatic heterocycles. The van der Waals surface area contributed by atoms with Crippen molar-refractivity contribution in [3.8, 4) is 45.0 Å². The Bertz CT molecular complexity index is 2470. The highest BCUT2D eigenvalue weighted by Crippen LogP contribution is 2.36. The van der Waals surface area contributed by atoms with Gasteiger partial charge >= 0.3 is 11.9 Å². The number of carbonyl (C=O) groups excluding carboxylic acids is 1. The Labute approximate surface area is 389 Å². The third-order valence-corrected chi connectivity index (χ3v) is 11.2. The van der Waals surface area contributed by atoms with Crippen molar-refractivity contribution in [1.29, 1.82) is 0 Å². The average Bonchev–Trinajstić information content (AvgIpc) is 3.33. The molecule has 0 bridgehead atoms. The van der Waals surface area contributed by atoms with Crippen LogP contribution in [0.3, 0.4) is 0 Å². The van der Waals surface area contributed by atoms with Gasteiger partial charge in [0.1, 0.15) is 18.8 Å². The molecule has 0 atom stereocenters. The van der Waals surface area contributed by atoms with Crippen LogP contribution in [0.1, 0.15) is 70.7 Å². The van der Waals surface area contributed by atoms with E-state index in [4.69, 9.17) is 39.3 Å². The zero-order chi connectivity index (χ0) is 46.1. The molecule has 0 aliphatic carbocycles. The fourth-order valence-electron chi connectivity index (χ4n) is 8.18. The van der Waals surface area contributed by atoms with Gasteiger partial charge in [-0.15, -0.1) is 0 Å². The first-order valence-corrected chi connectivity index (χ1v) is 23.3. The van der Waals surface area contributed by atoms with Crippen molar-refractivity contribution in [3.05, 3.63) is 133 Å². The third kappa shape index (κ3) is 13.5. The minimum Gasteiger partial charge on any atom is -0.480 e. The molecule has 4 heterocycles. The van der Waals surface area contributed by atoms with Gasteiger partial charge in [-0.05, 0) is 72.1 Å². The average molecular weight is 891 g/mol. The lowest BCUT2D eigenvalue weighted by atomic mass is 10.0. The van der Waals surface area contributed by atoms with Crippen LogP contribution in [0.4, 0.5) is 11.6 Å². The quantitative estimate of drug-likeness (QED) is 0.0649.